The molecular formula is C27H44N6O. The van der Waals surface area contributed by atoms with Crippen molar-refractivity contribution in [1.82, 2.24) is 25.3 Å². The quantitative estimate of drug-likeness (QED) is 0.525. The summed E-state index contributed by atoms with van der Waals surface area (Å²) in [4.78, 5) is 4.76. The predicted molar refractivity (Wildman–Crippen MR) is 139 cm³/mol. The molecule has 7 heteroatoms. The molecule has 0 bridgehead atoms. The van der Waals surface area contributed by atoms with E-state index in [4.69, 9.17) is 5.10 Å². The normalized spacial score (nSPS) is 22.4. The first kappa shape index (κ1) is 25.2. The summed E-state index contributed by atoms with van der Waals surface area (Å²) in [5.74, 6) is 1.62. The number of anilines is 1. The van der Waals surface area contributed by atoms with E-state index in [1.54, 1.807) is 0 Å². The molecule has 2 aliphatic rings. The fourth-order valence-corrected chi connectivity index (χ4v) is 5.84. The van der Waals surface area contributed by atoms with Gasteiger partial charge in [-0.3, -0.25) is 0 Å². The molecule has 7 nitrogen and oxygen atoms in total. The van der Waals surface area contributed by atoms with E-state index in [9.17, 15) is 5.11 Å². The van der Waals surface area contributed by atoms with E-state index in [0.717, 1.165) is 52.0 Å². The van der Waals surface area contributed by atoms with Crippen LogP contribution in [0.3, 0.4) is 0 Å². The van der Waals surface area contributed by atoms with Gasteiger partial charge >= 0.3 is 0 Å². The minimum Gasteiger partial charge on any atom is -0.392 e. The number of nitrogens with one attached hydrogen (secondary N) is 2. The first-order valence-electron chi connectivity index (χ1n) is 13.0. The van der Waals surface area contributed by atoms with Crippen LogP contribution in [0.2, 0.25) is 0 Å². The highest BCUT2D eigenvalue weighted by Gasteiger charge is 2.41. The molecule has 0 spiro atoms. The molecule has 34 heavy (non-hydrogen) atoms. The van der Waals surface area contributed by atoms with Crippen molar-refractivity contribution in [3.05, 3.63) is 47.2 Å². The molecule has 1 fully saturated rings. The lowest BCUT2D eigenvalue weighted by Gasteiger charge is -2.43. The molecule has 0 amide bonds. The third kappa shape index (κ3) is 5.33. The number of aliphatic hydroxyl groups excluding tert-OH is 1. The molecule has 0 radical (unpaired) electrons. The fourth-order valence-electron chi connectivity index (χ4n) is 5.84. The molecule has 4 rings (SSSR count). The van der Waals surface area contributed by atoms with E-state index >= 15 is 0 Å². The van der Waals surface area contributed by atoms with Crippen LogP contribution in [0.1, 0.15) is 67.8 Å². The summed E-state index contributed by atoms with van der Waals surface area (Å²) in [6, 6.07) is 9.53. The Bertz CT molecular complexity index is 922. The van der Waals surface area contributed by atoms with Crippen LogP contribution in [0.5, 0.6) is 0 Å². The zero-order valence-electron chi connectivity index (χ0n) is 21.7. The van der Waals surface area contributed by atoms with Crippen LogP contribution < -0.4 is 15.5 Å². The number of aromatic nitrogens is 2. The average Bonchev–Trinajstić information content (AvgIpc) is 3.30. The van der Waals surface area contributed by atoms with Crippen LogP contribution in [0.4, 0.5) is 5.82 Å². The Hall–Kier alpha value is -1.93. The molecule has 2 aromatic rings. The van der Waals surface area contributed by atoms with E-state index in [2.05, 4.69) is 77.3 Å². The SMILES string of the molecule is CNCCN(C)Cc1cccc(C2CC(C(O)C3CCNCC3)c3cnn(C(C)C)c3N2C)c1. The van der Waals surface area contributed by atoms with Gasteiger partial charge < -0.3 is 25.5 Å². The number of aliphatic hydroxyl groups is 1. The summed E-state index contributed by atoms with van der Waals surface area (Å²) in [5.41, 5.74) is 3.87. The summed E-state index contributed by atoms with van der Waals surface area (Å²) < 4.78 is 2.14. The summed E-state index contributed by atoms with van der Waals surface area (Å²) in [6.07, 6.45) is 4.68. The van der Waals surface area contributed by atoms with Gasteiger partial charge in [0, 0.05) is 44.2 Å². The maximum absolute atomic E-state index is 11.6. The number of piperidine rings is 1. The second kappa shape index (κ2) is 11.2. The van der Waals surface area contributed by atoms with Gasteiger partial charge in [0.1, 0.15) is 5.82 Å². The van der Waals surface area contributed by atoms with Crippen LogP contribution in [-0.4, -0.2) is 73.2 Å². The van der Waals surface area contributed by atoms with Crippen molar-refractivity contribution in [1.29, 1.82) is 0 Å². The molecule has 3 N–H and O–H groups in total. The van der Waals surface area contributed by atoms with Gasteiger partial charge in [0.25, 0.3) is 0 Å². The van der Waals surface area contributed by atoms with Gasteiger partial charge in [0.2, 0.25) is 0 Å². The van der Waals surface area contributed by atoms with Crippen molar-refractivity contribution in [2.45, 2.75) is 63.8 Å². The largest absolute Gasteiger partial charge is 0.392 e. The van der Waals surface area contributed by atoms with Crippen LogP contribution >= 0.6 is 0 Å². The molecule has 1 aromatic carbocycles. The lowest BCUT2D eigenvalue weighted by molar-refractivity contribution is 0.0568. The molecule has 3 heterocycles. The second-order valence-corrected chi connectivity index (χ2v) is 10.6. The van der Waals surface area contributed by atoms with Crippen molar-refractivity contribution in [3.8, 4) is 0 Å². The Morgan fingerprint density at radius 2 is 2.03 bits per heavy atom. The van der Waals surface area contributed by atoms with Crippen molar-refractivity contribution in [2.75, 3.05) is 52.2 Å². The van der Waals surface area contributed by atoms with Crippen LogP contribution in [0, 0.1) is 5.92 Å². The number of benzene rings is 1. The van der Waals surface area contributed by atoms with Gasteiger partial charge in [0.05, 0.1) is 18.3 Å². The van der Waals surface area contributed by atoms with E-state index < -0.39 is 0 Å². The number of rotatable bonds is 9. The lowest BCUT2D eigenvalue weighted by Crippen LogP contribution is -2.41. The zero-order valence-corrected chi connectivity index (χ0v) is 21.7. The fraction of sp³-hybridized carbons (Fsp3) is 0.667. The highest BCUT2D eigenvalue weighted by molar-refractivity contribution is 5.54. The molecule has 0 saturated carbocycles. The first-order valence-corrected chi connectivity index (χ1v) is 13.0. The van der Waals surface area contributed by atoms with Crippen molar-refractivity contribution in [2.24, 2.45) is 5.92 Å². The number of hydrogen-bond donors (Lipinski definition) is 3. The molecule has 3 unspecified atom stereocenters. The Morgan fingerprint density at radius 3 is 2.74 bits per heavy atom. The van der Waals surface area contributed by atoms with Gasteiger partial charge in [-0.05, 0) is 77.3 Å². The molecule has 188 valence electrons. The lowest BCUT2D eigenvalue weighted by atomic mass is 9.76. The van der Waals surface area contributed by atoms with Crippen LogP contribution in [0.15, 0.2) is 30.5 Å². The summed E-state index contributed by atoms with van der Waals surface area (Å²) in [5, 5.41) is 23.1. The van der Waals surface area contributed by atoms with Gasteiger partial charge in [0.15, 0.2) is 0 Å². The van der Waals surface area contributed by atoms with Gasteiger partial charge in [-0.2, -0.15) is 5.10 Å². The average molecular weight is 469 g/mol. The molecule has 2 aliphatic heterocycles. The Balaban J connectivity index is 1.64. The number of hydrogen-bond acceptors (Lipinski definition) is 6. The predicted octanol–water partition coefficient (Wildman–Crippen LogP) is 3.14. The smallest absolute Gasteiger partial charge is 0.131 e. The highest BCUT2D eigenvalue weighted by Crippen LogP contribution is 2.47. The van der Waals surface area contributed by atoms with Crippen molar-refractivity contribution < 1.29 is 5.11 Å². The van der Waals surface area contributed by atoms with Crippen LogP contribution in [0.25, 0.3) is 0 Å². The maximum Gasteiger partial charge on any atom is 0.131 e. The molecule has 0 aliphatic carbocycles. The first-order chi connectivity index (χ1) is 16.4. The third-order valence-corrected chi connectivity index (χ3v) is 7.77. The Labute approximate surface area is 205 Å². The van der Waals surface area contributed by atoms with E-state index in [0.29, 0.717) is 5.92 Å². The van der Waals surface area contributed by atoms with Gasteiger partial charge in [-0.1, -0.05) is 24.3 Å². The molecule has 3 atom stereocenters. The van der Waals surface area contributed by atoms with Crippen LogP contribution in [-0.2, 0) is 6.54 Å². The van der Waals surface area contributed by atoms with Gasteiger partial charge in [-0.15, -0.1) is 0 Å². The molecular weight excluding hydrogens is 424 g/mol. The zero-order chi connectivity index (χ0) is 24.2. The second-order valence-electron chi connectivity index (χ2n) is 10.6. The highest BCUT2D eigenvalue weighted by atomic mass is 16.3. The summed E-state index contributed by atoms with van der Waals surface area (Å²) in [7, 11) is 6.37. The molecule has 1 saturated heterocycles. The van der Waals surface area contributed by atoms with Crippen molar-refractivity contribution in [3.63, 3.8) is 0 Å². The van der Waals surface area contributed by atoms with Gasteiger partial charge in [-0.25, -0.2) is 4.68 Å². The topological polar surface area (TPSA) is 68.6 Å². The standard InChI is InChI=1S/C27H44N6O/c1-19(2)33-27-24(17-30-33)23(26(34)21-9-11-29-12-10-21)16-25(32(27)5)22-8-6-7-20(15-22)18-31(4)14-13-28-3/h6-8,15,17,19,21,23,25-26,28-29,34H,9-14,16,18H2,1-5H3. The summed E-state index contributed by atoms with van der Waals surface area (Å²) in [6.45, 7) is 9.31. The maximum atomic E-state index is 11.6. The molecule has 1 aromatic heterocycles. The van der Waals surface area contributed by atoms with Crippen molar-refractivity contribution >= 4 is 5.82 Å². The third-order valence-electron chi connectivity index (χ3n) is 7.77. The summed E-state index contributed by atoms with van der Waals surface area (Å²) >= 11 is 0. The van der Waals surface area contributed by atoms with E-state index in [-0.39, 0.29) is 24.1 Å². The number of likely N-dealkylation sites (N-methyl/N-ethyl adjacent to an activating group) is 2. The Kier molecular flexibility index (Phi) is 8.30. The monoisotopic (exact) mass is 468 g/mol. The number of nitrogens with zero attached hydrogens (tertiary/aromatic N) is 4. The minimum absolute atomic E-state index is 0.105. The number of fused-ring (bicyclic) bond motifs is 1. The van der Waals surface area contributed by atoms with E-state index in [1.807, 2.05) is 13.2 Å². The Morgan fingerprint density at radius 1 is 1.26 bits per heavy atom. The van der Waals surface area contributed by atoms with E-state index in [1.165, 1.54) is 22.5 Å². The minimum atomic E-state index is -0.335.